The van der Waals surface area contributed by atoms with Gasteiger partial charge in [-0.2, -0.15) is 14.2 Å². The van der Waals surface area contributed by atoms with Gasteiger partial charge in [-0.05, 0) is 0 Å². The number of phosphoric acid groups is 1. The minimum atomic E-state index is -5.39. The maximum absolute atomic E-state index is 8.55. The van der Waals surface area contributed by atoms with E-state index in [9.17, 15) is 0 Å². The van der Waals surface area contributed by atoms with Crippen LogP contribution >= 0.6 is 7.82 Å². The van der Waals surface area contributed by atoms with E-state index in [2.05, 4.69) is 13.8 Å². The SMILES string of the molecule is O=P([O-])([O-])[O-].[CH2-]CCCCCCCCCCCCCCCCC.[Nd+3]. The summed E-state index contributed by atoms with van der Waals surface area (Å²) in [5.74, 6) is 0. The summed E-state index contributed by atoms with van der Waals surface area (Å²) in [4.78, 5) is 25.6. The standard InChI is InChI=1S/C18H37.Nd.H3O4P/c1-3-5-7-9-11-13-15-17-18-16-14-12-10-8-6-4-2;;1-5(2,3)4/h1,3-18H2,2H3;;(H3,1,2,3,4)/q-1;+3;/p-3. The molecular formula is C18H37NdO4P-. The average molecular weight is 493 g/mol. The Morgan fingerprint density at radius 2 is 0.833 bits per heavy atom. The molecule has 24 heavy (non-hydrogen) atoms. The van der Waals surface area contributed by atoms with E-state index in [1.54, 1.807) is 0 Å². The Kier molecular flexibility index (Phi) is 30.8. The summed E-state index contributed by atoms with van der Waals surface area (Å²) in [6.07, 6.45) is 22.8. The van der Waals surface area contributed by atoms with E-state index in [4.69, 9.17) is 19.2 Å². The number of hydrogen-bond acceptors (Lipinski definition) is 4. The number of hydrogen-bond donors (Lipinski definition) is 0. The first kappa shape index (κ1) is 30.2. The molecule has 6 heteroatoms. The van der Waals surface area contributed by atoms with Crippen molar-refractivity contribution in [3.63, 3.8) is 0 Å². The zero-order valence-electron chi connectivity index (χ0n) is 15.6. The molecule has 0 N–H and O–H groups in total. The summed E-state index contributed by atoms with van der Waals surface area (Å²) in [5.41, 5.74) is 0. The maximum Gasteiger partial charge on any atom is 3.00 e. The molecule has 0 aliphatic carbocycles. The first-order chi connectivity index (χ1) is 10.9. The van der Waals surface area contributed by atoms with Gasteiger partial charge in [-0.15, -0.1) is 0 Å². The summed E-state index contributed by atoms with van der Waals surface area (Å²) in [5, 5.41) is 0. The molecular weight excluding hydrogens is 455 g/mol. The fraction of sp³-hybridized carbons (Fsp3) is 0.944. The zero-order chi connectivity index (χ0) is 17.8. The van der Waals surface area contributed by atoms with Crippen LogP contribution in [0, 0.1) is 47.8 Å². The first-order valence-corrected chi connectivity index (χ1v) is 10.9. The Bertz CT molecular complexity index is 235. The number of rotatable bonds is 15. The van der Waals surface area contributed by atoms with Crippen LogP contribution in [0.15, 0.2) is 0 Å². The predicted octanol–water partition coefficient (Wildman–Crippen LogP) is 4.26. The quantitative estimate of drug-likeness (QED) is 0.194. The molecule has 0 heterocycles. The van der Waals surface area contributed by atoms with E-state index in [0.717, 1.165) is 6.42 Å². The third-order valence-electron chi connectivity index (χ3n) is 3.85. The van der Waals surface area contributed by atoms with Crippen LogP contribution in [-0.2, 0) is 4.57 Å². The molecule has 0 saturated carbocycles. The van der Waals surface area contributed by atoms with Crippen LogP contribution in [0.25, 0.3) is 0 Å². The zero-order valence-corrected chi connectivity index (χ0v) is 19.7. The molecule has 0 rings (SSSR count). The van der Waals surface area contributed by atoms with Crippen LogP contribution in [0.3, 0.4) is 0 Å². The topological polar surface area (TPSA) is 86.2 Å². The van der Waals surface area contributed by atoms with E-state index in [1.165, 1.54) is 96.3 Å². The third-order valence-corrected chi connectivity index (χ3v) is 3.85. The van der Waals surface area contributed by atoms with Crippen molar-refractivity contribution >= 4 is 7.82 Å². The third kappa shape index (κ3) is 43.7. The molecule has 143 valence electrons. The van der Waals surface area contributed by atoms with Crippen molar-refractivity contribution < 1.29 is 60.1 Å². The van der Waals surface area contributed by atoms with Crippen molar-refractivity contribution in [2.75, 3.05) is 0 Å². The van der Waals surface area contributed by atoms with Crippen molar-refractivity contribution in [1.29, 1.82) is 0 Å². The summed E-state index contributed by atoms with van der Waals surface area (Å²) in [6.45, 7) is 6.18. The van der Waals surface area contributed by atoms with Crippen LogP contribution in [-0.4, -0.2) is 0 Å². The Morgan fingerprint density at radius 1 is 0.625 bits per heavy atom. The molecule has 0 atom stereocenters. The van der Waals surface area contributed by atoms with Crippen LogP contribution in [0.4, 0.5) is 0 Å². The molecule has 0 aromatic heterocycles. The van der Waals surface area contributed by atoms with Gasteiger partial charge in [0.1, 0.15) is 0 Å². The van der Waals surface area contributed by atoms with Crippen molar-refractivity contribution in [2.45, 2.75) is 110 Å². The van der Waals surface area contributed by atoms with Gasteiger partial charge in [0.15, 0.2) is 0 Å². The Morgan fingerprint density at radius 3 is 1.04 bits per heavy atom. The molecule has 0 unspecified atom stereocenters. The van der Waals surface area contributed by atoms with Gasteiger partial charge in [-0.25, -0.2) is 0 Å². The smallest absolute Gasteiger partial charge is 0.822 e. The summed E-state index contributed by atoms with van der Waals surface area (Å²) in [6, 6.07) is 0. The molecule has 0 aliphatic heterocycles. The van der Waals surface area contributed by atoms with E-state index >= 15 is 0 Å². The molecule has 0 aromatic carbocycles. The van der Waals surface area contributed by atoms with Gasteiger partial charge < -0.3 is 26.2 Å². The van der Waals surface area contributed by atoms with Gasteiger partial charge in [-0.3, -0.25) is 0 Å². The Balaban J connectivity index is -0.000000639. The normalized spacial score (nSPS) is 10.7. The fourth-order valence-electron chi connectivity index (χ4n) is 2.55. The van der Waals surface area contributed by atoms with E-state index in [0.29, 0.717) is 0 Å². The second-order valence-electron chi connectivity index (χ2n) is 6.25. The second-order valence-corrected chi connectivity index (χ2v) is 7.14. The van der Waals surface area contributed by atoms with Gasteiger partial charge in [0, 0.05) is 0 Å². The van der Waals surface area contributed by atoms with E-state index in [1.807, 2.05) is 0 Å². The molecule has 0 saturated heterocycles. The van der Waals surface area contributed by atoms with Gasteiger partial charge in [0.25, 0.3) is 0 Å². The van der Waals surface area contributed by atoms with Crippen molar-refractivity contribution in [3.8, 4) is 0 Å². The summed E-state index contributed by atoms with van der Waals surface area (Å²) >= 11 is 0. The van der Waals surface area contributed by atoms with Crippen LogP contribution < -0.4 is 14.7 Å². The summed E-state index contributed by atoms with van der Waals surface area (Å²) in [7, 11) is -5.39. The maximum atomic E-state index is 8.55. The number of unbranched alkanes of at least 4 members (excludes halogenated alkanes) is 15. The monoisotopic (exact) mass is 490 g/mol. The predicted molar refractivity (Wildman–Crippen MR) is 92.5 cm³/mol. The van der Waals surface area contributed by atoms with E-state index in [-0.39, 0.29) is 40.8 Å². The second kappa shape index (κ2) is 24.5. The molecule has 0 fully saturated rings. The van der Waals surface area contributed by atoms with Gasteiger partial charge >= 0.3 is 40.8 Å². The van der Waals surface area contributed by atoms with Crippen LogP contribution in [0.5, 0.6) is 0 Å². The molecule has 0 aromatic rings. The first-order valence-electron chi connectivity index (χ1n) is 9.44. The Hall–Kier alpha value is 1.46. The van der Waals surface area contributed by atoms with Crippen molar-refractivity contribution in [1.82, 2.24) is 0 Å². The molecule has 0 aliphatic rings. The van der Waals surface area contributed by atoms with Crippen molar-refractivity contribution in [3.05, 3.63) is 6.92 Å². The van der Waals surface area contributed by atoms with Gasteiger partial charge in [0.05, 0.1) is 0 Å². The average Bonchev–Trinajstić information content (AvgIpc) is 2.46. The molecule has 0 amide bonds. The molecule has 0 bridgehead atoms. The largest absolute Gasteiger partial charge is 3.00 e. The molecule has 1 radical (unpaired) electrons. The molecule has 0 spiro atoms. The minimum absolute atomic E-state index is 0. The molecule has 4 nitrogen and oxygen atoms in total. The van der Waals surface area contributed by atoms with Crippen molar-refractivity contribution in [2.24, 2.45) is 0 Å². The van der Waals surface area contributed by atoms with Gasteiger partial charge in [0.2, 0.25) is 0 Å². The Labute approximate surface area is 183 Å². The minimum Gasteiger partial charge on any atom is -0.822 e. The fourth-order valence-corrected chi connectivity index (χ4v) is 2.55. The van der Waals surface area contributed by atoms with Crippen LogP contribution in [0.2, 0.25) is 0 Å². The van der Waals surface area contributed by atoms with Gasteiger partial charge in [-0.1, -0.05) is 103 Å². The van der Waals surface area contributed by atoms with E-state index < -0.39 is 7.82 Å². The van der Waals surface area contributed by atoms with Crippen LogP contribution in [0.1, 0.15) is 110 Å². The summed E-state index contributed by atoms with van der Waals surface area (Å²) < 4.78 is 8.55.